The minimum atomic E-state index is 0.741. The number of aromatic amines is 1. The van der Waals surface area contributed by atoms with Gasteiger partial charge in [-0.15, -0.1) is 0 Å². The number of aromatic nitrogens is 1. The maximum atomic E-state index is 5.74. The SMILES string of the molecule is Nc1s[nH]c1-c1ccc(Cl)cc1. The molecule has 0 unspecified atom stereocenters. The van der Waals surface area contributed by atoms with Crippen LogP contribution in [0.2, 0.25) is 5.02 Å². The molecule has 1 aromatic carbocycles. The Morgan fingerprint density at radius 2 is 1.92 bits per heavy atom. The standard InChI is InChI=1S/C8H7ClN2S/c9-6-3-1-5(2-4-6)7-8(10)12-11-7/h1-4,11H,10H2. The van der Waals surface area contributed by atoms with E-state index < -0.39 is 0 Å². The van der Waals surface area contributed by atoms with Crippen molar-refractivity contribution in [3.63, 3.8) is 0 Å². The van der Waals surface area contributed by atoms with E-state index in [1.54, 1.807) is 0 Å². The normalized spacial score (nSPS) is 10.4. The van der Waals surface area contributed by atoms with Gasteiger partial charge in [-0.05, 0) is 23.7 Å². The van der Waals surface area contributed by atoms with Crippen LogP contribution in [-0.4, -0.2) is 4.37 Å². The molecule has 12 heavy (non-hydrogen) atoms. The molecule has 62 valence electrons. The monoisotopic (exact) mass is 198 g/mol. The molecule has 0 aliphatic rings. The highest BCUT2D eigenvalue weighted by atomic mass is 35.5. The van der Waals surface area contributed by atoms with Gasteiger partial charge in [0.2, 0.25) is 0 Å². The van der Waals surface area contributed by atoms with Crippen LogP contribution in [0.5, 0.6) is 0 Å². The van der Waals surface area contributed by atoms with Gasteiger partial charge in [-0.1, -0.05) is 23.7 Å². The zero-order valence-corrected chi connectivity index (χ0v) is 7.75. The second-order valence-electron chi connectivity index (χ2n) is 2.45. The van der Waals surface area contributed by atoms with E-state index >= 15 is 0 Å². The quantitative estimate of drug-likeness (QED) is 0.727. The molecule has 0 fully saturated rings. The van der Waals surface area contributed by atoms with Crippen LogP contribution >= 0.6 is 23.1 Å². The Kier molecular flexibility index (Phi) is 1.83. The van der Waals surface area contributed by atoms with Crippen LogP contribution in [0.25, 0.3) is 11.3 Å². The van der Waals surface area contributed by atoms with Crippen molar-refractivity contribution in [1.82, 2.24) is 4.37 Å². The van der Waals surface area contributed by atoms with Crippen LogP contribution in [-0.2, 0) is 0 Å². The number of benzene rings is 1. The summed E-state index contributed by atoms with van der Waals surface area (Å²) in [5, 5.41) is 1.57. The molecule has 0 amide bonds. The van der Waals surface area contributed by atoms with Crippen molar-refractivity contribution >= 4 is 28.1 Å². The van der Waals surface area contributed by atoms with Gasteiger partial charge in [0.05, 0.1) is 5.69 Å². The molecule has 0 saturated carbocycles. The van der Waals surface area contributed by atoms with Gasteiger partial charge in [0.1, 0.15) is 5.00 Å². The third-order valence-corrected chi connectivity index (χ3v) is 2.62. The molecule has 3 N–H and O–H groups in total. The number of anilines is 1. The van der Waals surface area contributed by atoms with Crippen molar-refractivity contribution in [2.24, 2.45) is 0 Å². The molecule has 2 aromatic rings. The lowest BCUT2D eigenvalue weighted by molar-refractivity contribution is 1.48. The van der Waals surface area contributed by atoms with E-state index in [0.717, 1.165) is 21.3 Å². The molecule has 0 radical (unpaired) electrons. The molecule has 0 spiro atoms. The van der Waals surface area contributed by atoms with Gasteiger partial charge >= 0.3 is 0 Å². The summed E-state index contributed by atoms with van der Waals surface area (Å²) in [4.78, 5) is 0. The largest absolute Gasteiger partial charge is 0.388 e. The number of rotatable bonds is 1. The van der Waals surface area contributed by atoms with Gasteiger partial charge in [0.25, 0.3) is 0 Å². The summed E-state index contributed by atoms with van der Waals surface area (Å²) in [5.74, 6) is 0. The fraction of sp³-hybridized carbons (Fsp3) is 0. The van der Waals surface area contributed by atoms with Crippen molar-refractivity contribution in [1.29, 1.82) is 0 Å². The summed E-state index contributed by atoms with van der Waals surface area (Å²) in [6.07, 6.45) is 0. The van der Waals surface area contributed by atoms with Crippen LogP contribution in [0.1, 0.15) is 0 Å². The molecular formula is C8H7ClN2S. The van der Waals surface area contributed by atoms with E-state index in [-0.39, 0.29) is 0 Å². The lowest BCUT2D eigenvalue weighted by Crippen LogP contribution is -1.93. The summed E-state index contributed by atoms with van der Waals surface area (Å²) in [6, 6.07) is 7.58. The predicted molar refractivity (Wildman–Crippen MR) is 53.5 cm³/mol. The molecule has 2 nitrogen and oxygen atoms in total. The molecule has 4 heteroatoms. The number of hydrogen-bond acceptors (Lipinski definition) is 2. The number of nitrogens with two attached hydrogens (primary N) is 1. The number of H-pyrrole nitrogens is 1. The van der Waals surface area contributed by atoms with E-state index in [2.05, 4.69) is 4.37 Å². The van der Waals surface area contributed by atoms with Crippen LogP contribution in [0, 0.1) is 0 Å². The number of nitrogen functional groups attached to an aromatic ring is 1. The fourth-order valence-corrected chi connectivity index (χ4v) is 1.66. The first-order valence-corrected chi connectivity index (χ1v) is 4.65. The summed E-state index contributed by atoms with van der Waals surface area (Å²) in [6.45, 7) is 0. The molecule has 0 aliphatic carbocycles. The van der Waals surface area contributed by atoms with Crippen LogP contribution < -0.4 is 5.73 Å². The highest BCUT2D eigenvalue weighted by molar-refractivity contribution is 7.12. The smallest absolute Gasteiger partial charge is 0.128 e. The van der Waals surface area contributed by atoms with Gasteiger partial charge in [0, 0.05) is 10.6 Å². The molecule has 0 saturated heterocycles. The number of hydrogen-bond donors (Lipinski definition) is 2. The first-order chi connectivity index (χ1) is 5.77. The van der Waals surface area contributed by atoms with Crippen molar-refractivity contribution in [2.45, 2.75) is 0 Å². The fourth-order valence-electron chi connectivity index (χ4n) is 0.979. The molecule has 1 aromatic heterocycles. The van der Waals surface area contributed by atoms with Gasteiger partial charge in [-0.2, -0.15) is 0 Å². The highest BCUT2D eigenvalue weighted by Gasteiger charge is 2.05. The summed E-state index contributed by atoms with van der Waals surface area (Å²) >= 11 is 7.18. The zero-order chi connectivity index (χ0) is 8.55. The van der Waals surface area contributed by atoms with Gasteiger partial charge in [-0.25, -0.2) is 0 Å². The summed E-state index contributed by atoms with van der Waals surface area (Å²) in [7, 11) is 0. The maximum Gasteiger partial charge on any atom is 0.128 e. The molecule has 0 aliphatic heterocycles. The Morgan fingerprint density at radius 1 is 1.25 bits per heavy atom. The molecule has 0 bridgehead atoms. The third kappa shape index (κ3) is 1.21. The molecule has 0 atom stereocenters. The Bertz CT molecular complexity index is 374. The van der Waals surface area contributed by atoms with Gasteiger partial charge in [0.15, 0.2) is 0 Å². The van der Waals surface area contributed by atoms with E-state index in [4.69, 9.17) is 17.3 Å². The summed E-state index contributed by atoms with van der Waals surface area (Å²) < 4.78 is 3.06. The highest BCUT2D eigenvalue weighted by Crippen LogP contribution is 2.30. The van der Waals surface area contributed by atoms with E-state index in [1.807, 2.05) is 24.3 Å². The van der Waals surface area contributed by atoms with E-state index in [0.29, 0.717) is 0 Å². The maximum absolute atomic E-state index is 5.74. The second kappa shape index (κ2) is 2.84. The minimum absolute atomic E-state index is 0.741. The van der Waals surface area contributed by atoms with Crippen molar-refractivity contribution in [2.75, 3.05) is 5.73 Å². The van der Waals surface area contributed by atoms with Crippen molar-refractivity contribution in [3.05, 3.63) is 29.3 Å². The summed E-state index contributed by atoms with van der Waals surface area (Å²) in [5.41, 5.74) is 7.72. The van der Waals surface area contributed by atoms with Crippen LogP contribution in [0.15, 0.2) is 24.3 Å². The number of halogens is 1. The third-order valence-electron chi connectivity index (χ3n) is 1.64. The Morgan fingerprint density at radius 3 is 2.33 bits per heavy atom. The molecular weight excluding hydrogens is 192 g/mol. The Balaban J connectivity index is 2.39. The second-order valence-corrected chi connectivity index (χ2v) is 3.73. The topological polar surface area (TPSA) is 41.8 Å². The van der Waals surface area contributed by atoms with Gasteiger partial charge in [-0.3, -0.25) is 0 Å². The molecule has 1 heterocycles. The van der Waals surface area contributed by atoms with Crippen molar-refractivity contribution in [3.8, 4) is 11.3 Å². The first-order valence-electron chi connectivity index (χ1n) is 3.46. The number of nitrogens with one attached hydrogen (secondary N) is 1. The van der Waals surface area contributed by atoms with Crippen molar-refractivity contribution < 1.29 is 0 Å². The first kappa shape index (κ1) is 7.71. The van der Waals surface area contributed by atoms with Crippen LogP contribution in [0.3, 0.4) is 0 Å². The lowest BCUT2D eigenvalue weighted by Gasteiger charge is -2.07. The van der Waals surface area contributed by atoms with Gasteiger partial charge < -0.3 is 10.1 Å². The zero-order valence-electron chi connectivity index (χ0n) is 6.17. The Labute approximate surface area is 79.1 Å². The van der Waals surface area contributed by atoms with E-state index in [9.17, 15) is 0 Å². The van der Waals surface area contributed by atoms with E-state index in [1.165, 1.54) is 11.5 Å². The Hall–Kier alpha value is -0.930. The minimum Gasteiger partial charge on any atom is -0.388 e. The average Bonchev–Trinajstić information content (AvgIpc) is 2.06. The molecule has 2 rings (SSSR count). The predicted octanol–water partition coefficient (Wildman–Crippen LogP) is 2.98. The lowest BCUT2D eigenvalue weighted by atomic mass is 10.2. The average molecular weight is 199 g/mol. The van der Waals surface area contributed by atoms with Crippen LogP contribution in [0.4, 0.5) is 5.00 Å².